The van der Waals surface area contributed by atoms with Crippen molar-refractivity contribution >= 4 is 44.3 Å². The molecule has 0 aliphatic carbocycles. The lowest BCUT2D eigenvalue weighted by Crippen LogP contribution is -1.90. The zero-order valence-electron chi connectivity index (χ0n) is 10.0. The largest absolute Gasteiger partial charge is 0.398 e. The molecule has 19 heavy (non-hydrogen) atoms. The number of nitrogens with zero attached hydrogens (tertiary/aromatic N) is 1. The standard InChI is InChI=1S/C15H11BrN2S/c16-11-5-1-2-6-13(11)19-14-8-7-12(17)10-4-3-9-18-15(10)14/h1-9H,17H2. The highest BCUT2D eigenvalue weighted by Crippen LogP contribution is 2.37. The molecule has 0 unspecified atom stereocenters. The zero-order valence-corrected chi connectivity index (χ0v) is 12.4. The van der Waals surface area contributed by atoms with E-state index in [1.165, 1.54) is 4.90 Å². The molecule has 2 N–H and O–H groups in total. The van der Waals surface area contributed by atoms with Gasteiger partial charge in [0.05, 0.1) is 5.52 Å². The van der Waals surface area contributed by atoms with Gasteiger partial charge >= 0.3 is 0 Å². The van der Waals surface area contributed by atoms with Crippen LogP contribution < -0.4 is 5.73 Å². The molecular formula is C15H11BrN2S. The number of anilines is 1. The Labute approximate surface area is 124 Å². The second-order valence-electron chi connectivity index (χ2n) is 4.08. The molecule has 2 nitrogen and oxygen atoms in total. The van der Waals surface area contributed by atoms with Crippen LogP contribution >= 0.6 is 27.7 Å². The summed E-state index contributed by atoms with van der Waals surface area (Å²) in [7, 11) is 0. The molecule has 94 valence electrons. The molecule has 4 heteroatoms. The van der Waals surface area contributed by atoms with Crippen LogP contribution in [0.1, 0.15) is 0 Å². The van der Waals surface area contributed by atoms with Crippen molar-refractivity contribution in [3.8, 4) is 0 Å². The van der Waals surface area contributed by atoms with Crippen molar-refractivity contribution in [2.45, 2.75) is 9.79 Å². The van der Waals surface area contributed by atoms with Crippen LogP contribution in [0, 0.1) is 0 Å². The summed E-state index contributed by atoms with van der Waals surface area (Å²) in [5, 5.41) is 1.000. The fourth-order valence-corrected chi connectivity index (χ4v) is 3.37. The number of benzene rings is 2. The minimum absolute atomic E-state index is 0.763. The molecule has 0 atom stereocenters. The van der Waals surface area contributed by atoms with Gasteiger partial charge < -0.3 is 5.73 Å². The molecule has 1 aromatic heterocycles. The van der Waals surface area contributed by atoms with Gasteiger partial charge in [-0.3, -0.25) is 4.98 Å². The van der Waals surface area contributed by atoms with Crippen LogP contribution in [0.3, 0.4) is 0 Å². The van der Waals surface area contributed by atoms with E-state index in [4.69, 9.17) is 5.73 Å². The number of halogens is 1. The lowest BCUT2D eigenvalue weighted by molar-refractivity contribution is 1.33. The topological polar surface area (TPSA) is 38.9 Å². The maximum absolute atomic E-state index is 5.99. The maximum Gasteiger partial charge on any atom is 0.0861 e. The molecule has 3 rings (SSSR count). The van der Waals surface area contributed by atoms with E-state index in [1.54, 1.807) is 18.0 Å². The minimum Gasteiger partial charge on any atom is -0.398 e. The molecule has 0 spiro atoms. The zero-order chi connectivity index (χ0) is 13.2. The Morgan fingerprint density at radius 2 is 1.79 bits per heavy atom. The average molecular weight is 331 g/mol. The van der Waals surface area contributed by atoms with Crippen LogP contribution in [0.4, 0.5) is 5.69 Å². The number of nitrogens with two attached hydrogens (primary N) is 1. The Bertz CT molecular complexity index is 743. The first-order valence-electron chi connectivity index (χ1n) is 5.81. The number of hydrogen-bond acceptors (Lipinski definition) is 3. The van der Waals surface area contributed by atoms with E-state index < -0.39 is 0 Å². The minimum atomic E-state index is 0.763. The van der Waals surface area contributed by atoms with E-state index in [1.807, 2.05) is 42.5 Å². The van der Waals surface area contributed by atoms with Gasteiger partial charge in [-0.25, -0.2) is 0 Å². The van der Waals surface area contributed by atoms with Gasteiger partial charge in [0.1, 0.15) is 0 Å². The van der Waals surface area contributed by atoms with Crippen molar-refractivity contribution in [3.63, 3.8) is 0 Å². The van der Waals surface area contributed by atoms with Crippen molar-refractivity contribution in [2.24, 2.45) is 0 Å². The first-order valence-corrected chi connectivity index (χ1v) is 7.42. The molecule has 0 radical (unpaired) electrons. The normalized spacial score (nSPS) is 10.8. The molecule has 0 amide bonds. The highest BCUT2D eigenvalue weighted by Gasteiger charge is 2.08. The molecule has 0 bridgehead atoms. The van der Waals surface area contributed by atoms with Crippen molar-refractivity contribution in [1.29, 1.82) is 0 Å². The van der Waals surface area contributed by atoms with Gasteiger partial charge in [-0.1, -0.05) is 23.9 Å². The summed E-state index contributed by atoms with van der Waals surface area (Å²) in [5.74, 6) is 0. The van der Waals surface area contributed by atoms with Gasteiger partial charge in [0.15, 0.2) is 0 Å². The van der Waals surface area contributed by atoms with E-state index in [0.717, 1.165) is 26.0 Å². The van der Waals surface area contributed by atoms with E-state index in [0.29, 0.717) is 0 Å². The van der Waals surface area contributed by atoms with Crippen molar-refractivity contribution < 1.29 is 0 Å². The van der Waals surface area contributed by atoms with E-state index in [-0.39, 0.29) is 0 Å². The summed E-state index contributed by atoms with van der Waals surface area (Å²) in [4.78, 5) is 6.73. The average Bonchev–Trinajstić information content (AvgIpc) is 2.44. The SMILES string of the molecule is Nc1ccc(Sc2ccccc2Br)c2ncccc12. The van der Waals surface area contributed by atoms with Gasteiger partial charge in [-0.2, -0.15) is 0 Å². The number of pyridine rings is 1. The van der Waals surface area contributed by atoms with Crippen LogP contribution in [0.5, 0.6) is 0 Å². The molecule has 2 aromatic carbocycles. The Morgan fingerprint density at radius 1 is 0.947 bits per heavy atom. The fraction of sp³-hybridized carbons (Fsp3) is 0. The number of rotatable bonds is 2. The van der Waals surface area contributed by atoms with Crippen LogP contribution in [0.15, 0.2) is 69.0 Å². The molecule has 0 fully saturated rings. The predicted molar refractivity (Wildman–Crippen MR) is 84.4 cm³/mol. The van der Waals surface area contributed by atoms with E-state index in [2.05, 4.69) is 27.0 Å². The summed E-state index contributed by atoms with van der Waals surface area (Å²) < 4.78 is 1.08. The first-order chi connectivity index (χ1) is 9.25. The monoisotopic (exact) mass is 330 g/mol. The number of aromatic nitrogens is 1. The Morgan fingerprint density at radius 3 is 2.63 bits per heavy atom. The number of nitrogen functional groups attached to an aromatic ring is 1. The highest BCUT2D eigenvalue weighted by molar-refractivity contribution is 9.10. The molecule has 0 aliphatic rings. The first kappa shape index (κ1) is 12.5. The van der Waals surface area contributed by atoms with Crippen molar-refractivity contribution in [2.75, 3.05) is 5.73 Å². The van der Waals surface area contributed by atoms with Crippen LogP contribution in [-0.4, -0.2) is 4.98 Å². The van der Waals surface area contributed by atoms with E-state index in [9.17, 15) is 0 Å². The molecule has 0 aliphatic heterocycles. The summed E-state index contributed by atoms with van der Waals surface area (Å²) in [6.45, 7) is 0. The predicted octanol–water partition coefficient (Wildman–Crippen LogP) is 4.73. The maximum atomic E-state index is 5.99. The van der Waals surface area contributed by atoms with Gasteiger partial charge in [0, 0.05) is 31.5 Å². The lowest BCUT2D eigenvalue weighted by atomic mass is 10.2. The number of hydrogen-bond donors (Lipinski definition) is 1. The fourth-order valence-electron chi connectivity index (χ4n) is 1.90. The highest BCUT2D eigenvalue weighted by atomic mass is 79.9. The van der Waals surface area contributed by atoms with Gasteiger partial charge in [0.2, 0.25) is 0 Å². The third kappa shape index (κ3) is 2.46. The molecule has 3 aromatic rings. The van der Waals surface area contributed by atoms with Crippen LogP contribution in [-0.2, 0) is 0 Å². The molecule has 0 saturated heterocycles. The second-order valence-corrected chi connectivity index (χ2v) is 6.02. The summed E-state index contributed by atoms with van der Waals surface area (Å²) in [5.41, 5.74) is 7.70. The lowest BCUT2D eigenvalue weighted by Gasteiger charge is -2.08. The van der Waals surface area contributed by atoms with Gasteiger partial charge in [0.25, 0.3) is 0 Å². The Balaban J connectivity index is 2.12. The second kappa shape index (κ2) is 5.23. The third-order valence-corrected chi connectivity index (χ3v) is 4.90. The van der Waals surface area contributed by atoms with Crippen molar-refractivity contribution in [3.05, 3.63) is 59.2 Å². The van der Waals surface area contributed by atoms with Crippen LogP contribution in [0.2, 0.25) is 0 Å². The third-order valence-electron chi connectivity index (χ3n) is 2.82. The van der Waals surface area contributed by atoms with Crippen LogP contribution in [0.25, 0.3) is 10.9 Å². The summed E-state index contributed by atoms with van der Waals surface area (Å²) in [6, 6.07) is 16.0. The van der Waals surface area contributed by atoms with E-state index >= 15 is 0 Å². The number of fused-ring (bicyclic) bond motifs is 1. The van der Waals surface area contributed by atoms with Gasteiger partial charge in [-0.15, -0.1) is 0 Å². The van der Waals surface area contributed by atoms with Gasteiger partial charge in [-0.05, 0) is 52.3 Å². The molecule has 0 saturated carbocycles. The summed E-state index contributed by atoms with van der Waals surface area (Å²) in [6.07, 6.45) is 1.80. The summed E-state index contributed by atoms with van der Waals surface area (Å²) >= 11 is 5.25. The Hall–Kier alpha value is -1.52. The van der Waals surface area contributed by atoms with Crippen molar-refractivity contribution in [1.82, 2.24) is 4.98 Å². The molecular weight excluding hydrogens is 320 g/mol. The quantitative estimate of drug-likeness (QED) is 0.690. The molecule has 1 heterocycles. The Kier molecular flexibility index (Phi) is 3.44. The smallest absolute Gasteiger partial charge is 0.0861 e.